The number of hydrazine groups is 2. The van der Waals surface area contributed by atoms with E-state index >= 15 is 0 Å². The molecule has 7 heteroatoms. The standard InChI is InChI=1S/C15H12ClN5O/c16-13-7-14-10(6-15(22)18-14)5-12(13)9-1-3-11(4-2-9)21-8-17-19-20-21/h1-5,7-8,19-20H,6H2,(H,18,22). The van der Waals surface area contributed by atoms with Crippen LogP contribution in [0.25, 0.3) is 11.1 Å². The van der Waals surface area contributed by atoms with Gasteiger partial charge in [-0.05, 0) is 35.4 Å². The predicted molar refractivity (Wildman–Crippen MR) is 86.5 cm³/mol. The number of hydrazone groups is 1. The molecule has 0 spiro atoms. The molecule has 0 radical (unpaired) electrons. The lowest BCUT2D eigenvalue weighted by Crippen LogP contribution is -2.37. The van der Waals surface area contributed by atoms with Crippen molar-refractivity contribution in [3.05, 3.63) is 47.0 Å². The number of amides is 1. The summed E-state index contributed by atoms with van der Waals surface area (Å²) in [5.41, 5.74) is 10.2. The van der Waals surface area contributed by atoms with E-state index in [9.17, 15) is 4.79 Å². The number of anilines is 2. The zero-order valence-electron chi connectivity index (χ0n) is 11.4. The molecular formula is C15H12ClN5O. The molecule has 0 saturated carbocycles. The van der Waals surface area contributed by atoms with Crippen LogP contribution in [0.3, 0.4) is 0 Å². The molecule has 22 heavy (non-hydrogen) atoms. The van der Waals surface area contributed by atoms with Gasteiger partial charge in [0.15, 0.2) is 0 Å². The number of fused-ring (bicyclic) bond motifs is 1. The molecule has 2 aliphatic heterocycles. The number of carbonyl (C=O) groups is 1. The van der Waals surface area contributed by atoms with E-state index in [-0.39, 0.29) is 5.91 Å². The molecule has 0 bridgehead atoms. The lowest BCUT2D eigenvalue weighted by Gasteiger charge is -2.14. The topological polar surface area (TPSA) is 68.8 Å². The lowest BCUT2D eigenvalue weighted by atomic mass is 10.0. The highest BCUT2D eigenvalue weighted by Crippen LogP contribution is 2.36. The number of benzene rings is 2. The second kappa shape index (κ2) is 5.01. The molecule has 0 unspecified atom stereocenters. The van der Waals surface area contributed by atoms with Gasteiger partial charge in [0.2, 0.25) is 5.91 Å². The van der Waals surface area contributed by atoms with Gasteiger partial charge >= 0.3 is 0 Å². The van der Waals surface area contributed by atoms with Crippen LogP contribution in [0.5, 0.6) is 0 Å². The third-order valence-corrected chi connectivity index (χ3v) is 4.00. The summed E-state index contributed by atoms with van der Waals surface area (Å²) in [4.78, 5) is 11.5. The summed E-state index contributed by atoms with van der Waals surface area (Å²) in [5, 5.41) is 9.05. The average Bonchev–Trinajstić information content (AvgIpc) is 3.15. The second-order valence-corrected chi connectivity index (χ2v) is 5.51. The first kappa shape index (κ1) is 13.1. The van der Waals surface area contributed by atoms with Crippen molar-refractivity contribution in [1.82, 2.24) is 11.1 Å². The van der Waals surface area contributed by atoms with Gasteiger partial charge in [-0.15, -0.1) is 5.53 Å². The van der Waals surface area contributed by atoms with Crippen LogP contribution >= 0.6 is 11.6 Å². The van der Waals surface area contributed by atoms with E-state index in [4.69, 9.17) is 11.6 Å². The van der Waals surface area contributed by atoms with Crippen molar-refractivity contribution in [2.75, 3.05) is 10.3 Å². The third kappa shape index (κ3) is 2.18. The largest absolute Gasteiger partial charge is 0.325 e. The van der Waals surface area contributed by atoms with Crippen molar-refractivity contribution in [3.8, 4) is 11.1 Å². The molecule has 1 amide bonds. The normalized spacial score (nSPS) is 15.7. The summed E-state index contributed by atoms with van der Waals surface area (Å²) in [6.07, 6.45) is 2.05. The van der Waals surface area contributed by atoms with E-state index in [1.54, 1.807) is 11.3 Å². The molecule has 110 valence electrons. The highest BCUT2D eigenvalue weighted by atomic mass is 35.5. The van der Waals surface area contributed by atoms with Crippen LogP contribution in [-0.4, -0.2) is 12.2 Å². The Kier molecular flexibility index (Phi) is 2.99. The number of nitrogens with zero attached hydrogens (tertiary/aromatic N) is 2. The summed E-state index contributed by atoms with van der Waals surface area (Å²) < 4.78 is 0. The van der Waals surface area contributed by atoms with Gasteiger partial charge in [0.1, 0.15) is 6.34 Å². The third-order valence-electron chi connectivity index (χ3n) is 3.68. The number of rotatable bonds is 2. The smallest absolute Gasteiger partial charge is 0.228 e. The fraction of sp³-hybridized carbons (Fsp3) is 0.0667. The van der Waals surface area contributed by atoms with Crippen LogP contribution in [0, 0.1) is 0 Å². The molecule has 4 rings (SSSR count). The second-order valence-electron chi connectivity index (χ2n) is 5.10. The van der Waals surface area contributed by atoms with E-state index in [0.29, 0.717) is 11.4 Å². The van der Waals surface area contributed by atoms with Crippen molar-refractivity contribution in [2.24, 2.45) is 5.10 Å². The fourth-order valence-electron chi connectivity index (χ4n) is 2.60. The summed E-state index contributed by atoms with van der Waals surface area (Å²) in [6, 6.07) is 11.7. The Balaban J connectivity index is 1.69. The molecule has 0 aromatic heterocycles. The van der Waals surface area contributed by atoms with E-state index in [2.05, 4.69) is 21.5 Å². The monoisotopic (exact) mass is 313 g/mol. The molecule has 0 atom stereocenters. The first-order valence-electron chi connectivity index (χ1n) is 6.76. The van der Waals surface area contributed by atoms with Crippen LogP contribution in [0.15, 0.2) is 41.5 Å². The molecule has 2 aliphatic rings. The van der Waals surface area contributed by atoms with Crippen molar-refractivity contribution in [2.45, 2.75) is 6.42 Å². The Morgan fingerprint density at radius 1 is 1.18 bits per heavy atom. The molecule has 2 heterocycles. The summed E-state index contributed by atoms with van der Waals surface area (Å²) in [6.45, 7) is 0. The van der Waals surface area contributed by atoms with Crippen LogP contribution in [-0.2, 0) is 11.2 Å². The molecule has 6 nitrogen and oxygen atoms in total. The summed E-state index contributed by atoms with van der Waals surface area (Å²) in [7, 11) is 0. The van der Waals surface area contributed by atoms with E-state index in [1.165, 1.54) is 0 Å². The quantitative estimate of drug-likeness (QED) is 0.795. The Hall–Kier alpha value is -2.57. The van der Waals surface area contributed by atoms with Gasteiger partial charge in [-0.1, -0.05) is 23.7 Å². The number of hydrogen-bond donors (Lipinski definition) is 3. The highest BCUT2D eigenvalue weighted by molar-refractivity contribution is 6.34. The fourth-order valence-corrected chi connectivity index (χ4v) is 2.87. The molecular weight excluding hydrogens is 302 g/mol. The van der Waals surface area contributed by atoms with Crippen molar-refractivity contribution < 1.29 is 4.79 Å². The minimum atomic E-state index is 0.00506. The maximum absolute atomic E-state index is 11.5. The maximum atomic E-state index is 11.5. The minimum Gasteiger partial charge on any atom is -0.325 e. The first-order valence-corrected chi connectivity index (χ1v) is 7.14. The number of nitrogens with one attached hydrogen (secondary N) is 3. The SMILES string of the molecule is O=C1Cc2cc(-c3ccc(N4C=NNN4)cc3)c(Cl)cc2N1. The van der Waals surface area contributed by atoms with E-state index in [0.717, 1.165) is 28.1 Å². The summed E-state index contributed by atoms with van der Waals surface area (Å²) >= 11 is 6.35. The maximum Gasteiger partial charge on any atom is 0.228 e. The molecule has 0 aliphatic carbocycles. The Labute approximate surface area is 131 Å². The Bertz CT molecular complexity index is 787. The van der Waals surface area contributed by atoms with Gasteiger partial charge in [0.25, 0.3) is 0 Å². The van der Waals surface area contributed by atoms with Gasteiger partial charge in [-0.3, -0.25) is 4.79 Å². The number of hydrogen-bond acceptors (Lipinski definition) is 5. The predicted octanol–water partition coefficient (Wildman–Crippen LogP) is 2.27. The molecule has 2 aromatic carbocycles. The average molecular weight is 314 g/mol. The first-order chi connectivity index (χ1) is 10.7. The van der Waals surface area contributed by atoms with Gasteiger partial charge in [0, 0.05) is 11.3 Å². The number of carbonyl (C=O) groups excluding carboxylic acids is 1. The van der Waals surface area contributed by atoms with Crippen molar-refractivity contribution in [1.29, 1.82) is 0 Å². The number of halogens is 1. The van der Waals surface area contributed by atoms with Crippen LogP contribution in [0.1, 0.15) is 5.56 Å². The highest BCUT2D eigenvalue weighted by Gasteiger charge is 2.20. The van der Waals surface area contributed by atoms with Gasteiger partial charge in [0.05, 0.1) is 17.1 Å². The van der Waals surface area contributed by atoms with Crippen molar-refractivity contribution in [3.63, 3.8) is 0 Å². The minimum absolute atomic E-state index is 0.00506. The Morgan fingerprint density at radius 3 is 2.73 bits per heavy atom. The lowest BCUT2D eigenvalue weighted by molar-refractivity contribution is -0.115. The van der Waals surface area contributed by atoms with E-state index in [1.807, 2.05) is 36.4 Å². The summed E-state index contributed by atoms with van der Waals surface area (Å²) in [5.74, 6) is 0.00506. The van der Waals surface area contributed by atoms with Gasteiger partial charge in [-0.25, -0.2) is 10.5 Å². The van der Waals surface area contributed by atoms with Crippen LogP contribution < -0.4 is 21.4 Å². The molecule has 0 saturated heterocycles. The molecule has 2 aromatic rings. The molecule has 3 N–H and O–H groups in total. The Morgan fingerprint density at radius 2 is 2.00 bits per heavy atom. The van der Waals surface area contributed by atoms with E-state index < -0.39 is 0 Å². The molecule has 0 fully saturated rings. The van der Waals surface area contributed by atoms with Gasteiger partial charge < -0.3 is 5.32 Å². The zero-order chi connectivity index (χ0) is 15.1. The van der Waals surface area contributed by atoms with Crippen LogP contribution in [0.2, 0.25) is 5.02 Å². The zero-order valence-corrected chi connectivity index (χ0v) is 12.2. The van der Waals surface area contributed by atoms with Crippen LogP contribution in [0.4, 0.5) is 11.4 Å². The van der Waals surface area contributed by atoms with Gasteiger partial charge in [-0.2, -0.15) is 5.10 Å². The van der Waals surface area contributed by atoms with Crippen molar-refractivity contribution >= 4 is 35.2 Å².